The molecule has 2 aromatic rings. The Morgan fingerprint density at radius 3 is 2.69 bits per heavy atom. The fraction of sp³-hybridized carbons (Fsp3) is 0.412. The number of carbonyl (C=O) groups excluding carboxylic acids is 1. The number of anilines is 1. The summed E-state index contributed by atoms with van der Waals surface area (Å²) in [6.45, 7) is 2.77. The number of benzene rings is 1. The number of rotatable bonds is 3. The van der Waals surface area contributed by atoms with Crippen LogP contribution in [0.25, 0.3) is 0 Å². The molecular weight excluding hydrogens is 369 g/mol. The van der Waals surface area contributed by atoms with Gasteiger partial charge in [-0.05, 0) is 30.2 Å². The molecule has 1 aliphatic heterocycles. The summed E-state index contributed by atoms with van der Waals surface area (Å²) in [5, 5.41) is 9.96. The molecule has 1 aromatic heterocycles. The largest absolute Gasteiger partial charge is 0.416 e. The first-order valence-electron chi connectivity index (χ1n) is 7.93. The van der Waals surface area contributed by atoms with Crippen LogP contribution in [0.15, 0.2) is 30.6 Å². The van der Waals surface area contributed by atoms with E-state index >= 15 is 0 Å². The molecular formula is C17H20ClF3N4O. The van der Waals surface area contributed by atoms with E-state index in [1.165, 1.54) is 6.07 Å². The van der Waals surface area contributed by atoms with Gasteiger partial charge in [0.1, 0.15) is 0 Å². The number of alkyl halides is 3. The molecule has 0 radical (unpaired) electrons. The van der Waals surface area contributed by atoms with Gasteiger partial charge in [0, 0.05) is 37.9 Å². The van der Waals surface area contributed by atoms with E-state index < -0.39 is 11.7 Å². The molecule has 1 saturated heterocycles. The molecule has 0 unspecified atom stereocenters. The lowest BCUT2D eigenvalue weighted by molar-refractivity contribution is -0.137. The van der Waals surface area contributed by atoms with Crippen LogP contribution in [-0.4, -0.2) is 28.8 Å². The second-order valence-corrected chi connectivity index (χ2v) is 6.34. The zero-order valence-electron chi connectivity index (χ0n) is 14.3. The zero-order valence-corrected chi connectivity index (χ0v) is 15.1. The van der Waals surface area contributed by atoms with Gasteiger partial charge in [-0.15, -0.1) is 12.4 Å². The Hall–Kier alpha value is -2.06. The molecule has 0 saturated carbocycles. The van der Waals surface area contributed by atoms with Crippen molar-refractivity contribution in [2.45, 2.75) is 19.0 Å². The lowest BCUT2D eigenvalue weighted by atomic mass is 9.90. The summed E-state index contributed by atoms with van der Waals surface area (Å²) in [7, 11) is 1.80. The van der Waals surface area contributed by atoms with Gasteiger partial charge < -0.3 is 10.6 Å². The van der Waals surface area contributed by atoms with Crippen LogP contribution in [0, 0.1) is 12.8 Å². The molecule has 142 valence electrons. The Morgan fingerprint density at radius 2 is 2.08 bits per heavy atom. The Morgan fingerprint density at radius 1 is 1.35 bits per heavy atom. The number of nitrogens with one attached hydrogen (secondary N) is 2. The number of amides is 1. The fourth-order valence-corrected chi connectivity index (χ4v) is 3.09. The van der Waals surface area contributed by atoms with Crippen LogP contribution in [-0.2, 0) is 18.0 Å². The minimum Gasteiger partial charge on any atom is -0.326 e. The summed E-state index contributed by atoms with van der Waals surface area (Å²) in [6.07, 6.45) is -0.874. The molecule has 2 N–H and O–H groups in total. The highest BCUT2D eigenvalue weighted by molar-refractivity contribution is 5.94. The van der Waals surface area contributed by atoms with Crippen LogP contribution in [0.1, 0.15) is 22.6 Å². The summed E-state index contributed by atoms with van der Waals surface area (Å²) in [4.78, 5) is 12.7. The molecule has 0 bridgehead atoms. The van der Waals surface area contributed by atoms with Crippen LogP contribution < -0.4 is 10.6 Å². The molecule has 5 nitrogen and oxygen atoms in total. The number of nitrogens with zero attached hydrogens (tertiary/aromatic N) is 2. The number of aromatic nitrogens is 2. The van der Waals surface area contributed by atoms with Gasteiger partial charge in [-0.3, -0.25) is 9.48 Å². The molecule has 9 heteroatoms. The molecule has 0 aliphatic carbocycles. The SMILES string of the molecule is Cc1ccc(C(F)(F)F)cc1NC(=O)[C@H]1CNC[C@@H]1c1cnn(C)c1.Cl. The standard InChI is InChI=1S/C17H19F3N4O.ClH/c1-10-3-4-12(17(18,19)20)5-15(10)23-16(25)14-8-21-7-13(14)11-6-22-24(2)9-11;/h3-6,9,13-14,21H,7-8H2,1-2H3,(H,23,25);1H/t13-,14+;/m1./s1. The predicted molar refractivity (Wildman–Crippen MR) is 94.4 cm³/mol. The van der Waals surface area contributed by atoms with Gasteiger partial charge in [-0.1, -0.05) is 6.07 Å². The van der Waals surface area contributed by atoms with E-state index in [1.54, 1.807) is 24.9 Å². The second kappa shape index (κ2) is 7.67. The van der Waals surface area contributed by atoms with Gasteiger partial charge >= 0.3 is 6.18 Å². The van der Waals surface area contributed by atoms with Crippen LogP contribution in [0.3, 0.4) is 0 Å². The third kappa shape index (κ3) is 4.19. The van der Waals surface area contributed by atoms with Crippen LogP contribution in [0.5, 0.6) is 0 Å². The van der Waals surface area contributed by atoms with Crippen molar-refractivity contribution in [2.24, 2.45) is 13.0 Å². The van der Waals surface area contributed by atoms with Crippen molar-refractivity contribution in [3.05, 3.63) is 47.3 Å². The number of carbonyl (C=O) groups is 1. The van der Waals surface area contributed by atoms with Crippen molar-refractivity contribution in [1.82, 2.24) is 15.1 Å². The van der Waals surface area contributed by atoms with Crippen LogP contribution in [0.4, 0.5) is 18.9 Å². The first-order chi connectivity index (χ1) is 11.8. The number of hydrogen-bond donors (Lipinski definition) is 2. The van der Waals surface area contributed by atoms with Crippen molar-refractivity contribution < 1.29 is 18.0 Å². The average Bonchev–Trinajstić information content (AvgIpc) is 3.16. The lowest BCUT2D eigenvalue weighted by Crippen LogP contribution is -2.28. The molecule has 1 aliphatic rings. The summed E-state index contributed by atoms with van der Waals surface area (Å²) >= 11 is 0. The van der Waals surface area contributed by atoms with Crippen molar-refractivity contribution in [1.29, 1.82) is 0 Å². The van der Waals surface area contributed by atoms with Crippen molar-refractivity contribution >= 4 is 24.0 Å². The molecule has 26 heavy (non-hydrogen) atoms. The van der Waals surface area contributed by atoms with Crippen molar-refractivity contribution in [3.63, 3.8) is 0 Å². The third-order valence-electron chi connectivity index (χ3n) is 4.53. The maximum Gasteiger partial charge on any atom is 0.416 e. The second-order valence-electron chi connectivity index (χ2n) is 6.34. The van der Waals surface area contributed by atoms with E-state index in [4.69, 9.17) is 0 Å². The maximum absolute atomic E-state index is 12.9. The first-order valence-corrected chi connectivity index (χ1v) is 7.93. The smallest absolute Gasteiger partial charge is 0.326 e. The van der Waals surface area contributed by atoms with Gasteiger partial charge in [0.2, 0.25) is 5.91 Å². The Labute approximate surface area is 155 Å². The minimum absolute atomic E-state index is 0. The quantitative estimate of drug-likeness (QED) is 0.849. The predicted octanol–water partition coefficient (Wildman–Crippen LogP) is 3.11. The van der Waals surface area contributed by atoms with Crippen molar-refractivity contribution in [2.75, 3.05) is 18.4 Å². The normalized spacial score (nSPS) is 19.9. The zero-order chi connectivity index (χ0) is 18.2. The monoisotopic (exact) mass is 388 g/mol. The molecule has 3 rings (SSSR count). The Balaban J connectivity index is 0.00000243. The van der Waals surface area contributed by atoms with Gasteiger partial charge in [-0.25, -0.2) is 0 Å². The summed E-state index contributed by atoms with van der Waals surface area (Å²) in [5.41, 5.74) is 0.942. The molecule has 1 aromatic carbocycles. The topological polar surface area (TPSA) is 59.0 Å². The molecule has 2 atom stereocenters. The molecule has 1 fully saturated rings. The van der Waals surface area contributed by atoms with E-state index in [9.17, 15) is 18.0 Å². The van der Waals surface area contributed by atoms with Gasteiger partial charge in [0.05, 0.1) is 17.7 Å². The highest BCUT2D eigenvalue weighted by Gasteiger charge is 2.35. The molecule has 2 heterocycles. The highest BCUT2D eigenvalue weighted by Crippen LogP contribution is 2.33. The van der Waals surface area contributed by atoms with Gasteiger partial charge in [0.25, 0.3) is 0 Å². The minimum atomic E-state index is -4.44. The van der Waals surface area contributed by atoms with E-state index in [1.807, 2.05) is 6.20 Å². The summed E-state index contributed by atoms with van der Waals surface area (Å²) < 4.78 is 40.3. The van der Waals surface area contributed by atoms with E-state index in [0.29, 0.717) is 18.7 Å². The van der Waals surface area contributed by atoms with Crippen LogP contribution in [0.2, 0.25) is 0 Å². The average molecular weight is 389 g/mol. The van der Waals surface area contributed by atoms with Gasteiger partial charge in [-0.2, -0.15) is 18.3 Å². The van der Waals surface area contributed by atoms with Crippen LogP contribution >= 0.6 is 12.4 Å². The Bertz CT molecular complexity index is 791. The first kappa shape index (κ1) is 20.3. The van der Waals surface area contributed by atoms with E-state index in [2.05, 4.69) is 15.7 Å². The van der Waals surface area contributed by atoms with Gasteiger partial charge in [0.15, 0.2) is 0 Å². The molecule has 1 amide bonds. The Kier molecular flexibility index (Phi) is 5.98. The molecule has 0 spiro atoms. The lowest BCUT2D eigenvalue weighted by Gasteiger charge is -2.18. The van der Waals surface area contributed by atoms with Crippen molar-refractivity contribution in [3.8, 4) is 0 Å². The third-order valence-corrected chi connectivity index (χ3v) is 4.53. The summed E-state index contributed by atoms with van der Waals surface area (Å²) in [5.74, 6) is -0.709. The van der Waals surface area contributed by atoms with E-state index in [0.717, 1.165) is 17.7 Å². The number of aryl methyl sites for hydroxylation is 2. The number of halogens is 4. The summed E-state index contributed by atoms with van der Waals surface area (Å²) in [6, 6.07) is 3.36. The highest BCUT2D eigenvalue weighted by atomic mass is 35.5. The maximum atomic E-state index is 12.9. The van der Waals surface area contributed by atoms with E-state index in [-0.39, 0.29) is 35.8 Å². The fourth-order valence-electron chi connectivity index (χ4n) is 3.09. The number of hydrogen-bond acceptors (Lipinski definition) is 3.